The molecular weight excluding hydrogens is 419 g/mol. The maximum absolute atomic E-state index is 14.4. The summed E-state index contributed by atoms with van der Waals surface area (Å²) in [5, 5.41) is 2.02. The lowest BCUT2D eigenvalue weighted by Crippen LogP contribution is -2.64. The van der Waals surface area contributed by atoms with Crippen LogP contribution in [0.2, 0.25) is 0 Å². The second-order valence-corrected chi connectivity index (χ2v) is 8.21. The Hall–Kier alpha value is -3.16. The van der Waals surface area contributed by atoms with Crippen molar-refractivity contribution in [2.24, 2.45) is 10.9 Å². The minimum absolute atomic E-state index is 0.0927. The molecular formula is C24H24F3N3O2. The van der Waals surface area contributed by atoms with Gasteiger partial charge in [0.1, 0.15) is 5.84 Å². The second kappa shape index (κ2) is 8.76. The molecule has 1 heterocycles. The Balaban J connectivity index is 1.75. The maximum Gasteiger partial charge on any atom is 0.442 e. The number of aliphatic imine (C=N–C) groups is 1. The van der Waals surface area contributed by atoms with Crippen LogP contribution >= 0.6 is 0 Å². The van der Waals surface area contributed by atoms with Gasteiger partial charge < -0.3 is 5.32 Å². The van der Waals surface area contributed by atoms with Crippen molar-refractivity contribution in [1.82, 2.24) is 10.2 Å². The second-order valence-electron chi connectivity index (χ2n) is 8.21. The van der Waals surface area contributed by atoms with Crippen LogP contribution in [0.15, 0.2) is 65.7 Å². The van der Waals surface area contributed by atoms with Crippen LogP contribution in [-0.2, 0) is 16.1 Å². The molecule has 0 saturated heterocycles. The van der Waals surface area contributed by atoms with Gasteiger partial charge >= 0.3 is 11.8 Å². The Kier molecular flexibility index (Phi) is 6.04. The van der Waals surface area contributed by atoms with Crippen LogP contribution in [0.3, 0.4) is 0 Å². The predicted molar refractivity (Wildman–Crippen MR) is 113 cm³/mol. The van der Waals surface area contributed by atoms with Gasteiger partial charge in [-0.15, -0.1) is 0 Å². The van der Waals surface area contributed by atoms with E-state index in [2.05, 4.69) is 4.99 Å². The number of hydrogen-bond acceptors (Lipinski definition) is 3. The molecule has 4 rings (SSSR count). The third-order valence-electron chi connectivity index (χ3n) is 5.99. The van der Waals surface area contributed by atoms with Crippen molar-refractivity contribution in [2.45, 2.75) is 50.5 Å². The lowest BCUT2D eigenvalue weighted by atomic mass is 9.88. The highest BCUT2D eigenvalue weighted by atomic mass is 19.4. The van der Waals surface area contributed by atoms with Gasteiger partial charge in [0, 0.05) is 11.5 Å². The number of halogens is 3. The van der Waals surface area contributed by atoms with Crippen molar-refractivity contribution in [2.75, 3.05) is 0 Å². The Morgan fingerprint density at radius 3 is 2.19 bits per heavy atom. The van der Waals surface area contributed by atoms with Crippen molar-refractivity contribution < 1.29 is 22.8 Å². The summed E-state index contributed by atoms with van der Waals surface area (Å²) in [4.78, 5) is 31.1. The molecule has 0 unspecified atom stereocenters. The molecule has 0 bridgehead atoms. The first-order valence-corrected chi connectivity index (χ1v) is 10.7. The van der Waals surface area contributed by atoms with E-state index in [-0.39, 0.29) is 12.4 Å². The fourth-order valence-electron chi connectivity index (χ4n) is 4.26. The van der Waals surface area contributed by atoms with Crippen LogP contribution in [0.1, 0.15) is 43.2 Å². The summed E-state index contributed by atoms with van der Waals surface area (Å²) in [6.07, 6.45) is -1.56. The highest BCUT2D eigenvalue weighted by molar-refractivity contribution is 6.16. The Bertz CT molecular complexity index is 1000. The average Bonchev–Trinajstić information content (AvgIpc) is 3.08. The van der Waals surface area contributed by atoms with Crippen molar-refractivity contribution in [3.8, 4) is 0 Å². The topological polar surface area (TPSA) is 61.8 Å². The summed E-state index contributed by atoms with van der Waals surface area (Å²) in [5.41, 5.74) is -2.31. The first kappa shape index (κ1) is 22.0. The molecule has 5 nitrogen and oxygen atoms in total. The van der Waals surface area contributed by atoms with Crippen LogP contribution in [0.4, 0.5) is 13.2 Å². The lowest BCUT2D eigenvalue weighted by Gasteiger charge is -2.31. The van der Waals surface area contributed by atoms with Crippen LogP contribution in [0.25, 0.3) is 0 Å². The van der Waals surface area contributed by atoms with Gasteiger partial charge in [0.15, 0.2) is 0 Å². The van der Waals surface area contributed by atoms with Crippen molar-refractivity contribution >= 4 is 17.6 Å². The monoisotopic (exact) mass is 443 g/mol. The molecule has 2 aromatic carbocycles. The van der Waals surface area contributed by atoms with Gasteiger partial charge in [-0.25, -0.2) is 4.99 Å². The van der Waals surface area contributed by atoms with Crippen LogP contribution in [0.5, 0.6) is 0 Å². The number of nitrogens with zero attached hydrogens (tertiary/aromatic N) is 2. The molecule has 32 heavy (non-hydrogen) atoms. The molecule has 2 amide bonds. The van der Waals surface area contributed by atoms with E-state index in [4.69, 9.17) is 0 Å². The lowest BCUT2D eigenvalue weighted by molar-refractivity contribution is -0.201. The summed E-state index contributed by atoms with van der Waals surface area (Å²) in [6.45, 7) is -0.0927. The van der Waals surface area contributed by atoms with Crippen LogP contribution in [0, 0.1) is 5.92 Å². The van der Waals surface area contributed by atoms with Gasteiger partial charge in [0.25, 0.3) is 5.91 Å². The number of rotatable bonds is 5. The zero-order valence-corrected chi connectivity index (χ0v) is 17.4. The third kappa shape index (κ3) is 4.13. The molecule has 168 valence electrons. The summed E-state index contributed by atoms with van der Waals surface area (Å²) in [6, 6.07) is 17.0. The Labute approximate surface area is 184 Å². The largest absolute Gasteiger partial charge is 0.442 e. The van der Waals surface area contributed by atoms with Crippen molar-refractivity contribution in [3.63, 3.8) is 0 Å². The molecule has 0 spiro atoms. The van der Waals surface area contributed by atoms with Gasteiger partial charge in [0.2, 0.25) is 5.91 Å². The molecule has 1 aliphatic heterocycles. The number of benzene rings is 2. The first-order valence-electron chi connectivity index (χ1n) is 10.7. The molecule has 1 atom stereocenters. The highest BCUT2D eigenvalue weighted by Crippen LogP contribution is 2.39. The number of alkyl halides is 3. The van der Waals surface area contributed by atoms with E-state index in [1.54, 1.807) is 60.7 Å². The first-order chi connectivity index (χ1) is 15.3. The van der Waals surface area contributed by atoms with E-state index in [1.165, 1.54) is 0 Å². The summed E-state index contributed by atoms with van der Waals surface area (Å²) >= 11 is 0. The fraction of sp³-hybridized carbons (Fsp3) is 0.375. The van der Waals surface area contributed by atoms with Gasteiger partial charge in [0.05, 0.1) is 6.54 Å². The number of amides is 2. The van der Waals surface area contributed by atoms with Gasteiger partial charge in [-0.05, 0) is 18.4 Å². The summed E-state index contributed by atoms with van der Waals surface area (Å²) in [7, 11) is 0. The highest BCUT2D eigenvalue weighted by Gasteiger charge is 2.67. The number of nitrogens with one attached hydrogen (secondary N) is 1. The molecule has 0 aromatic heterocycles. The standard InChI is InChI=1S/C24H24F3N3O2/c25-24(26,27)23(29-21(31)19-14-8-3-9-15-19)22(32)30(16-17-10-4-1-5-11-17)20(28-23)18-12-6-2-7-13-18/h1-2,4-7,10-13,19H,3,8-9,14-16H2,(H,29,31)/t23-/m0/s1. The van der Waals surface area contributed by atoms with Crippen LogP contribution in [-0.4, -0.2) is 34.4 Å². The van der Waals surface area contributed by atoms with E-state index >= 15 is 0 Å². The molecule has 1 aliphatic carbocycles. The van der Waals surface area contributed by atoms with E-state index in [0.717, 1.165) is 24.2 Å². The van der Waals surface area contributed by atoms with Gasteiger partial charge in [-0.3, -0.25) is 14.5 Å². The van der Waals surface area contributed by atoms with Crippen molar-refractivity contribution in [1.29, 1.82) is 0 Å². The maximum atomic E-state index is 14.4. The molecule has 8 heteroatoms. The van der Waals surface area contributed by atoms with Crippen molar-refractivity contribution in [3.05, 3.63) is 71.8 Å². The minimum Gasteiger partial charge on any atom is -0.316 e. The van der Waals surface area contributed by atoms with Crippen LogP contribution < -0.4 is 5.32 Å². The molecule has 0 radical (unpaired) electrons. The van der Waals surface area contributed by atoms with E-state index in [9.17, 15) is 22.8 Å². The summed E-state index contributed by atoms with van der Waals surface area (Å²) < 4.78 is 43.3. The predicted octanol–water partition coefficient (Wildman–Crippen LogP) is 4.43. The molecule has 2 aliphatic rings. The molecule has 1 saturated carbocycles. The van der Waals surface area contributed by atoms with E-state index in [0.29, 0.717) is 24.0 Å². The zero-order valence-electron chi connectivity index (χ0n) is 17.4. The quantitative estimate of drug-likeness (QED) is 0.743. The Morgan fingerprint density at radius 2 is 1.59 bits per heavy atom. The molecule has 1 fully saturated rings. The number of hydrogen-bond donors (Lipinski definition) is 1. The average molecular weight is 443 g/mol. The smallest absolute Gasteiger partial charge is 0.316 e. The van der Waals surface area contributed by atoms with Gasteiger partial charge in [-0.1, -0.05) is 79.9 Å². The van der Waals surface area contributed by atoms with E-state index in [1.807, 2.05) is 5.32 Å². The minimum atomic E-state index is -5.10. The van der Waals surface area contributed by atoms with E-state index < -0.39 is 29.6 Å². The zero-order chi connectivity index (χ0) is 22.8. The Morgan fingerprint density at radius 1 is 1.00 bits per heavy atom. The summed E-state index contributed by atoms with van der Waals surface area (Å²) in [5.74, 6) is -2.72. The fourth-order valence-corrected chi connectivity index (χ4v) is 4.26. The number of carbonyl (C=O) groups excluding carboxylic acids is 2. The van der Waals surface area contributed by atoms with Gasteiger partial charge in [-0.2, -0.15) is 13.2 Å². The molecule has 2 aromatic rings. The number of amidine groups is 1. The third-order valence-corrected chi connectivity index (χ3v) is 5.99. The SMILES string of the molecule is O=C(N[C@@]1(C(F)(F)F)N=C(c2ccccc2)N(Cc2ccccc2)C1=O)C1CCCCC1. The number of carbonyl (C=O) groups is 2. The normalized spacial score (nSPS) is 22.0. The molecule has 1 N–H and O–H groups in total.